The van der Waals surface area contributed by atoms with Crippen molar-refractivity contribution in [2.45, 2.75) is 6.92 Å². The van der Waals surface area contributed by atoms with Crippen molar-refractivity contribution in [3.05, 3.63) is 33.8 Å². The highest BCUT2D eigenvalue weighted by atomic mass is 35.5. The van der Waals surface area contributed by atoms with E-state index in [1.165, 1.54) is 11.0 Å². The zero-order valence-corrected chi connectivity index (χ0v) is 11.8. The number of carbonyl (C=O) groups is 2. The van der Waals surface area contributed by atoms with Crippen LogP contribution in [-0.2, 0) is 4.79 Å². The van der Waals surface area contributed by atoms with Crippen molar-refractivity contribution in [3.8, 4) is 0 Å². The van der Waals surface area contributed by atoms with Crippen molar-refractivity contribution in [1.29, 1.82) is 0 Å². The van der Waals surface area contributed by atoms with E-state index in [2.05, 4.69) is 0 Å². The van der Waals surface area contributed by atoms with Crippen LogP contribution in [0.1, 0.15) is 17.3 Å². The molecular formula is C13H13Cl2NO3. The number of likely N-dealkylation sites (tertiary alicyclic amines) is 1. The topological polar surface area (TPSA) is 57.6 Å². The molecule has 0 saturated carbocycles. The Bertz CT molecular complexity index is 533. The van der Waals surface area contributed by atoms with E-state index in [1.54, 1.807) is 12.1 Å². The number of carboxylic acid groups (broad SMARTS) is 1. The van der Waals surface area contributed by atoms with E-state index in [0.29, 0.717) is 17.1 Å². The third-order valence-electron chi connectivity index (χ3n) is 3.38. The molecule has 1 saturated heterocycles. The van der Waals surface area contributed by atoms with Gasteiger partial charge in [0.05, 0.1) is 16.5 Å². The lowest BCUT2D eigenvalue weighted by Crippen LogP contribution is -2.30. The van der Waals surface area contributed by atoms with Gasteiger partial charge in [0, 0.05) is 18.1 Å². The Balaban J connectivity index is 2.19. The Morgan fingerprint density at radius 1 is 1.32 bits per heavy atom. The van der Waals surface area contributed by atoms with Crippen molar-refractivity contribution in [3.63, 3.8) is 0 Å². The fourth-order valence-electron chi connectivity index (χ4n) is 2.29. The van der Waals surface area contributed by atoms with E-state index >= 15 is 0 Å². The average molecular weight is 302 g/mol. The highest BCUT2D eigenvalue weighted by molar-refractivity contribution is 6.36. The number of halogens is 2. The van der Waals surface area contributed by atoms with Gasteiger partial charge in [-0.25, -0.2) is 0 Å². The van der Waals surface area contributed by atoms with Gasteiger partial charge in [-0.2, -0.15) is 0 Å². The van der Waals surface area contributed by atoms with Crippen molar-refractivity contribution >= 4 is 35.1 Å². The van der Waals surface area contributed by atoms with E-state index in [4.69, 9.17) is 28.3 Å². The number of nitrogens with zero attached hydrogens (tertiary/aromatic N) is 1. The Hall–Kier alpha value is -1.26. The summed E-state index contributed by atoms with van der Waals surface area (Å²) in [6, 6.07) is 4.66. The summed E-state index contributed by atoms with van der Waals surface area (Å²) in [5, 5.41) is 9.80. The molecule has 2 unspecified atom stereocenters. The third kappa shape index (κ3) is 2.85. The fraction of sp³-hybridized carbons (Fsp3) is 0.385. The molecule has 1 heterocycles. The van der Waals surface area contributed by atoms with Gasteiger partial charge in [0.25, 0.3) is 5.91 Å². The minimum Gasteiger partial charge on any atom is -0.481 e. The Morgan fingerprint density at radius 3 is 2.53 bits per heavy atom. The van der Waals surface area contributed by atoms with Gasteiger partial charge >= 0.3 is 5.97 Å². The molecule has 2 atom stereocenters. The number of amides is 1. The summed E-state index contributed by atoms with van der Waals surface area (Å²) in [5.74, 6) is -1.70. The summed E-state index contributed by atoms with van der Waals surface area (Å²) in [6.07, 6.45) is 0. The molecule has 4 nitrogen and oxygen atoms in total. The third-order valence-corrected chi connectivity index (χ3v) is 3.93. The van der Waals surface area contributed by atoms with Crippen LogP contribution >= 0.6 is 23.2 Å². The Morgan fingerprint density at radius 2 is 2.00 bits per heavy atom. The quantitative estimate of drug-likeness (QED) is 0.914. The number of hydrogen-bond acceptors (Lipinski definition) is 2. The first-order chi connectivity index (χ1) is 8.90. The van der Waals surface area contributed by atoms with Crippen LogP contribution in [0.15, 0.2) is 18.2 Å². The largest absolute Gasteiger partial charge is 0.481 e. The van der Waals surface area contributed by atoms with Crippen LogP contribution in [0.4, 0.5) is 0 Å². The molecule has 1 fully saturated rings. The number of rotatable bonds is 2. The molecule has 0 aromatic heterocycles. The number of carbonyl (C=O) groups excluding carboxylic acids is 1. The minimum absolute atomic E-state index is 0.0625. The lowest BCUT2D eigenvalue weighted by molar-refractivity contribution is -0.142. The van der Waals surface area contributed by atoms with Gasteiger partial charge in [-0.05, 0) is 24.1 Å². The summed E-state index contributed by atoms with van der Waals surface area (Å²) in [4.78, 5) is 24.9. The van der Waals surface area contributed by atoms with E-state index < -0.39 is 11.9 Å². The summed E-state index contributed by atoms with van der Waals surface area (Å²) < 4.78 is 0. The van der Waals surface area contributed by atoms with Gasteiger partial charge in [0.2, 0.25) is 0 Å². The highest BCUT2D eigenvalue weighted by Crippen LogP contribution is 2.27. The SMILES string of the molecule is CC1CN(C(=O)c2ccc(Cl)cc2Cl)CC1C(=O)O. The van der Waals surface area contributed by atoms with Crippen LogP contribution in [0.3, 0.4) is 0 Å². The first-order valence-corrected chi connectivity index (χ1v) is 6.63. The van der Waals surface area contributed by atoms with Crippen LogP contribution in [0, 0.1) is 11.8 Å². The van der Waals surface area contributed by atoms with E-state index in [9.17, 15) is 9.59 Å². The second-order valence-corrected chi connectivity index (χ2v) is 5.60. The first kappa shape index (κ1) is 14.2. The molecule has 102 valence electrons. The zero-order valence-electron chi connectivity index (χ0n) is 10.3. The molecule has 1 N–H and O–H groups in total. The van der Waals surface area contributed by atoms with Gasteiger partial charge in [-0.3, -0.25) is 9.59 Å². The maximum atomic E-state index is 12.3. The van der Waals surface area contributed by atoms with Gasteiger partial charge in [-0.1, -0.05) is 30.1 Å². The molecule has 1 aromatic carbocycles. The first-order valence-electron chi connectivity index (χ1n) is 5.87. The van der Waals surface area contributed by atoms with Crippen LogP contribution in [0.5, 0.6) is 0 Å². The highest BCUT2D eigenvalue weighted by Gasteiger charge is 2.37. The molecule has 0 radical (unpaired) electrons. The molecule has 1 amide bonds. The van der Waals surface area contributed by atoms with Crippen LogP contribution in [0.2, 0.25) is 10.0 Å². The monoisotopic (exact) mass is 301 g/mol. The van der Waals surface area contributed by atoms with E-state index in [-0.39, 0.29) is 23.4 Å². The van der Waals surface area contributed by atoms with Gasteiger partial charge in [0.15, 0.2) is 0 Å². The van der Waals surface area contributed by atoms with Gasteiger partial charge < -0.3 is 10.0 Å². The normalized spacial score (nSPS) is 22.6. The molecule has 0 bridgehead atoms. The van der Waals surface area contributed by atoms with E-state index in [1.807, 2.05) is 6.92 Å². The Labute approximate surface area is 120 Å². The summed E-state index contributed by atoms with van der Waals surface area (Å²) in [7, 11) is 0. The number of benzene rings is 1. The minimum atomic E-state index is -0.870. The van der Waals surface area contributed by atoms with Crippen molar-refractivity contribution in [2.24, 2.45) is 11.8 Å². The van der Waals surface area contributed by atoms with Crippen molar-refractivity contribution in [1.82, 2.24) is 4.90 Å². The predicted molar refractivity (Wildman–Crippen MR) is 72.7 cm³/mol. The molecule has 1 aromatic rings. The molecule has 0 spiro atoms. The lowest BCUT2D eigenvalue weighted by atomic mass is 9.99. The number of carboxylic acids is 1. The maximum Gasteiger partial charge on any atom is 0.308 e. The number of hydrogen-bond donors (Lipinski definition) is 1. The maximum absolute atomic E-state index is 12.3. The molecular weight excluding hydrogens is 289 g/mol. The fourth-order valence-corrected chi connectivity index (χ4v) is 2.78. The standard InChI is InChI=1S/C13H13Cl2NO3/c1-7-5-16(6-10(7)13(18)19)12(17)9-3-2-8(14)4-11(9)15/h2-4,7,10H,5-6H2,1H3,(H,18,19). The average Bonchev–Trinajstić information content (AvgIpc) is 2.70. The van der Waals surface area contributed by atoms with Crippen molar-refractivity contribution in [2.75, 3.05) is 13.1 Å². The van der Waals surface area contributed by atoms with E-state index in [0.717, 1.165) is 0 Å². The second kappa shape index (κ2) is 5.39. The van der Waals surface area contributed by atoms with Crippen LogP contribution in [-0.4, -0.2) is 35.0 Å². The second-order valence-electron chi connectivity index (χ2n) is 4.76. The smallest absolute Gasteiger partial charge is 0.308 e. The molecule has 1 aliphatic rings. The lowest BCUT2D eigenvalue weighted by Gasteiger charge is -2.16. The number of aliphatic carboxylic acids is 1. The zero-order chi connectivity index (χ0) is 14.2. The molecule has 19 heavy (non-hydrogen) atoms. The van der Waals surface area contributed by atoms with Crippen molar-refractivity contribution < 1.29 is 14.7 Å². The van der Waals surface area contributed by atoms with Crippen LogP contribution < -0.4 is 0 Å². The van der Waals surface area contributed by atoms with Gasteiger partial charge in [0.1, 0.15) is 0 Å². The Kier molecular flexibility index (Phi) is 4.02. The molecule has 1 aliphatic heterocycles. The molecule has 2 rings (SSSR count). The molecule has 6 heteroatoms. The summed E-state index contributed by atoms with van der Waals surface area (Å²) >= 11 is 11.8. The van der Waals surface area contributed by atoms with Gasteiger partial charge in [-0.15, -0.1) is 0 Å². The van der Waals surface area contributed by atoms with Crippen LogP contribution in [0.25, 0.3) is 0 Å². The summed E-state index contributed by atoms with van der Waals surface area (Å²) in [6.45, 7) is 2.47. The molecule has 0 aliphatic carbocycles. The summed E-state index contributed by atoms with van der Waals surface area (Å²) in [5.41, 5.74) is 0.351. The predicted octanol–water partition coefficient (Wildman–Crippen LogP) is 2.79.